The van der Waals surface area contributed by atoms with Gasteiger partial charge in [0.05, 0.1) is 5.56 Å². The molecule has 1 aromatic rings. The molecule has 0 spiro atoms. The second-order valence-electron chi connectivity index (χ2n) is 2.12. The Morgan fingerprint density at radius 2 is 1.67 bits per heavy atom. The lowest BCUT2D eigenvalue weighted by molar-refractivity contribution is -0.138. The van der Waals surface area contributed by atoms with Gasteiger partial charge in [-0.25, -0.2) is 0 Å². The van der Waals surface area contributed by atoms with Crippen LogP contribution in [0.15, 0.2) is 18.2 Å². The van der Waals surface area contributed by atoms with Gasteiger partial charge in [-0.1, -0.05) is 0 Å². The molecule has 0 atom stereocenters. The van der Waals surface area contributed by atoms with E-state index in [-0.39, 0.29) is 3.57 Å². The quantitative estimate of drug-likeness (QED) is 0.582. The minimum Gasteiger partial charge on any atom is -0.166 e. The Morgan fingerprint density at radius 1 is 1.08 bits per heavy atom. The third-order valence-corrected chi connectivity index (χ3v) is 2.80. The fourth-order valence-corrected chi connectivity index (χ4v) is 2.63. The SMILES string of the molecule is FC(F)(F)c1ccc(I)cc1I. The molecule has 5 heteroatoms. The van der Waals surface area contributed by atoms with Crippen LogP contribution >= 0.6 is 45.2 Å². The van der Waals surface area contributed by atoms with Gasteiger partial charge in [-0.15, -0.1) is 0 Å². The average molecular weight is 398 g/mol. The van der Waals surface area contributed by atoms with E-state index in [0.717, 1.165) is 9.64 Å². The first-order chi connectivity index (χ1) is 5.41. The molecule has 0 unspecified atom stereocenters. The molecule has 0 aliphatic carbocycles. The molecule has 0 aliphatic heterocycles. The van der Waals surface area contributed by atoms with Gasteiger partial charge in [0.1, 0.15) is 0 Å². The average Bonchev–Trinajstić information content (AvgIpc) is 1.83. The van der Waals surface area contributed by atoms with Crippen molar-refractivity contribution in [1.82, 2.24) is 0 Å². The van der Waals surface area contributed by atoms with E-state index in [2.05, 4.69) is 0 Å². The molecule has 0 radical (unpaired) electrons. The first kappa shape index (κ1) is 10.6. The number of hydrogen-bond acceptors (Lipinski definition) is 0. The van der Waals surface area contributed by atoms with E-state index in [0.29, 0.717) is 0 Å². The van der Waals surface area contributed by atoms with Crippen molar-refractivity contribution >= 4 is 45.2 Å². The van der Waals surface area contributed by atoms with Gasteiger partial charge in [-0.2, -0.15) is 13.2 Å². The molecule has 0 fully saturated rings. The molecule has 0 N–H and O–H groups in total. The van der Waals surface area contributed by atoms with Crippen molar-refractivity contribution in [1.29, 1.82) is 0 Å². The van der Waals surface area contributed by atoms with Gasteiger partial charge in [-0.3, -0.25) is 0 Å². The highest BCUT2D eigenvalue weighted by molar-refractivity contribution is 14.1. The number of halogens is 5. The molecular formula is C7H3F3I2. The van der Waals surface area contributed by atoms with Crippen LogP contribution in [0.5, 0.6) is 0 Å². The van der Waals surface area contributed by atoms with Crippen LogP contribution in [-0.4, -0.2) is 0 Å². The molecular weight excluding hydrogens is 395 g/mol. The van der Waals surface area contributed by atoms with E-state index in [9.17, 15) is 13.2 Å². The van der Waals surface area contributed by atoms with Crippen LogP contribution in [0.3, 0.4) is 0 Å². The second-order valence-corrected chi connectivity index (χ2v) is 4.53. The fraction of sp³-hybridized carbons (Fsp3) is 0.143. The van der Waals surface area contributed by atoms with Crippen molar-refractivity contribution in [3.05, 3.63) is 30.9 Å². The Kier molecular flexibility index (Phi) is 3.24. The number of hydrogen-bond donors (Lipinski definition) is 0. The van der Waals surface area contributed by atoms with Crippen LogP contribution < -0.4 is 0 Å². The molecule has 1 aromatic carbocycles. The smallest absolute Gasteiger partial charge is 0.166 e. The van der Waals surface area contributed by atoms with Crippen molar-refractivity contribution in [3.63, 3.8) is 0 Å². The largest absolute Gasteiger partial charge is 0.417 e. The Balaban J connectivity index is 3.19. The maximum Gasteiger partial charge on any atom is 0.417 e. The molecule has 0 bridgehead atoms. The molecule has 0 amide bonds. The van der Waals surface area contributed by atoms with E-state index in [4.69, 9.17) is 0 Å². The molecule has 0 saturated heterocycles. The monoisotopic (exact) mass is 398 g/mol. The molecule has 12 heavy (non-hydrogen) atoms. The standard InChI is InChI=1S/C7H3F3I2/c8-7(9,10)5-2-1-4(11)3-6(5)12/h1-3H. The van der Waals surface area contributed by atoms with Crippen LogP contribution in [0.4, 0.5) is 13.2 Å². The first-order valence-electron chi connectivity index (χ1n) is 2.93. The summed E-state index contributed by atoms with van der Waals surface area (Å²) in [5.41, 5.74) is -0.566. The summed E-state index contributed by atoms with van der Waals surface area (Å²) in [7, 11) is 0. The lowest BCUT2D eigenvalue weighted by Crippen LogP contribution is -2.07. The third-order valence-electron chi connectivity index (χ3n) is 1.24. The summed E-state index contributed by atoms with van der Waals surface area (Å²) in [5.74, 6) is 0. The van der Waals surface area contributed by atoms with E-state index in [1.807, 2.05) is 22.6 Å². The van der Waals surface area contributed by atoms with E-state index in [1.54, 1.807) is 22.6 Å². The summed E-state index contributed by atoms with van der Waals surface area (Å²) in [6, 6.07) is 4.05. The maximum atomic E-state index is 12.2. The molecule has 1 rings (SSSR count). The van der Waals surface area contributed by atoms with Crippen molar-refractivity contribution in [2.75, 3.05) is 0 Å². The third kappa shape index (κ3) is 2.48. The normalized spacial score (nSPS) is 11.8. The lowest BCUT2D eigenvalue weighted by Gasteiger charge is -2.08. The zero-order valence-corrected chi connectivity index (χ0v) is 9.94. The van der Waals surface area contributed by atoms with E-state index < -0.39 is 11.7 Å². The van der Waals surface area contributed by atoms with Crippen LogP contribution in [0, 0.1) is 7.14 Å². The van der Waals surface area contributed by atoms with Gasteiger partial charge in [0, 0.05) is 7.14 Å². The number of alkyl halides is 3. The van der Waals surface area contributed by atoms with E-state index in [1.165, 1.54) is 12.1 Å². The molecule has 66 valence electrons. The van der Waals surface area contributed by atoms with Gasteiger partial charge in [0.25, 0.3) is 0 Å². The Labute approximate surface area is 94.8 Å². The summed E-state index contributed by atoms with van der Waals surface area (Å²) in [6.45, 7) is 0. The van der Waals surface area contributed by atoms with Crippen molar-refractivity contribution in [3.8, 4) is 0 Å². The summed E-state index contributed by atoms with van der Waals surface area (Å²) >= 11 is 3.66. The van der Waals surface area contributed by atoms with Gasteiger partial charge in [0.15, 0.2) is 0 Å². The van der Waals surface area contributed by atoms with E-state index >= 15 is 0 Å². The number of rotatable bonds is 0. The summed E-state index contributed by atoms with van der Waals surface area (Å²) < 4.78 is 37.6. The maximum absolute atomic E-state index is 12.2. The molecule has 0 saturated carbocycles. The summed E-state index contributed by atoms with van der Waals surface area (Å²) in [6.07, 6.45) is -4.24. The minimum absolute atomic E-state index is 0.243. The zero-order valence-electron chi connectivity index (χ0n) is 5.62. The zero-order chi connectivity index (χ0) is 9.35. The van der Waals surface area contributed by atoms with Crippen LogP contribution in [-0.2, 0) is 6.18 Å². The second kappa shape index (κ2) is 3.69. The topological polar surface area (TPSA) is 0 Å². The Hall–Kier alpha value is 0.470. The van der Waals surface area contributed by atoms with Gasteiger partial charge in [0.2, 0.25) is 0 Å². The Morgan fingerprint density at radius 3 is 2.08 bits per heavy atom. The predicted octanol–water partition coefficient (Wildman–Crippen LogP) is 3.91. The van der Waals surface area contributed by atoms with Crippen LogP contribution in [0.1, 0.15) is 5.56 Å². The van der Waals surface area contributed by atoms with Crippen molar-refractivity contribution in [2.45, 2.75) is 6.18 Å². The lowest BCUT2D eigenvalue weighted by atomic mass is 10.2. The van der Waals surface area contributed by atoms with Gasteiger partial charge in [-0.05, 0) is 63.4 Å². The summed E-state index contributed by atoms with van der Waals surface area (Å²) in [4.78, 5) is 0. The highest BCUT2D eigenvalue weighted by Crippen LogP contribution is 2.33. The highest BCUT2D eigenvalue weighted by atomic mass is 127. The van der Waals surface area contributed by atoms with Gasteiger partial charge >= 0.3 is 6.18 Å². The van der Waals surface area contributed by atoms with Crippen LogP contribution in [0.25, 0.3) is 0 Å². The van der Waals surface area contributed by atoms with Crippen molar-refractivity contribution < 1.29 is 13.2 Å². The van der Waals surface area contributed by atoms with Gasteiger partial charge < -0.3 is 0 Å². The molecule has 0 nitrogen and oxygen atoms in total. The molecule has 0 aliphatic rings. The Bertz CT molecular complexity index is 293. The summed E-state index contributed by atoms with van der Waals surface area (Å²) in [5, 5.41) is 0. The molecule has 0 aromatic heterocycles. The number of benzene rings is 1. The molecule has 0 heterocycles. The minimum atomic E-state index is -4.24. The highest BCUT2D eigenvalue weighted by Gasteiger charge is 2.32. The predicted molar refractivity (Wildman–Crippen MR) is 56.9 cm³/mol. The fourth-order valence-electron chi connectivity index (χ4n) is 0.719. The van der Waals surface area contributed by atoms with Crippen molar-refractivity contribution in [2.24, 2.45) is 0 Å². The van der Waals surface area contributed by atoms with Crippen LogP contribution in [0.2, 0.25) is 0 Å². The first-order valence-corrected chi connectivity index (χ1v) is 5.09.